The molecule has 2 rings (SSSR count). The van der Waals surface area contributed by atoms with Crippen LogP contribution >= 0.6 is 0 Å². The van der Waals surface area contributed by atoms with E-state index in [0.29, 0.717) is 5.92 Å². The first-order chi connectivity index (χ1) is 9.25. The maximum absolute atomic E-state index is 10.4. The van der Waals surface area contributed by atoms with Gasteiger partial charge in [0.2, 0.25) is 6.20 Å². The van der Waals surface area contributed by atoms with Gasteiger partial charge in [0.1, 0.15) is 0 Å². The highest BCUT2D eigenvalue weighted by Crippen LogP contribution is 2.23. The van der Waals surface area contributed by atoms with E-state index in [9.17, 15) is 10.1 Å². The average molecular weight is 255 g/mol. The molecule has 3 nitrogen and oxygen atoms in total. The van der Waals surface area contributed by atoms with Gasteiger partial charge in [0.25, 0.3) is 0 Å². The molecular formula is C16H17NO2. The molecule has 19 heavy (non-hydrogen) atoms. The Morgan fingerprint density at radius 2 is 1.95 bits per heavy atom. The second kappa shape index (κ2) is 6.75. The predicted molar refractivity (Wildman–Crippen MR) is 75.9 cm³/mol. The molecule has 0 saturated heterocycles. The summed E-state index contributed by atoms with van der Waals surface area (Å²) in [6.45, 7) is 0. The van der Waals surface area contributed by atoms with Crippen molar-refractivity contribution in [3.8, 4) is 11.8 Å². The van der Waals surface area contributed by atoms with Crippen molar-refractivity contribution in [1.82, 2.24) is 0 Å². The zero-order valence-electron chi connectivity index (χ0n) is 10.8. The number of nitrogens with zero attached hydrogens (tertiary/aromatic N) is 1. The van der Waals surface area contributed by atoms with Crippen molar-refractivity contribution in [2.75, 3.05) is 0 Å². The summed E-state index contributed by atoms with van der Waals surface area (Å²) in [5.41, 5.74) is 1.67. The van der Waals surface area contributed by atoms with Gasteiger partial charge >= 0.3 is 0 Å². The van der Waals surface area contributed by atoms with Gasteiger partial charge in [0.15, 0.2) is 0 Å². The zero-order valence-corrected chi connectivity index (χ0v) is 10.8. The largest absolute Gasteiger partial charge is 0.259 e. The average Bonchev–Trinajstić information content (AvgIpc) is 2.45. The zero-order chi connectivity index (χ0) is 13.5. The lowest BCUT2D eigenvalue weighted by Gasteiger charge is -2.15. The Balaban J connectivity index is 2.15. The summed E-state index contributed by atoms with van der Waals surface area (Å²) in [4.78, 5) is 9.92. The van der Waals surface area contributed by atoms with Crippen LogP contribution in [-0.2, 0) is 0 Å². The second-order valence-corrected chi connectivity index (χ2v) is 4.79. The maximum atomic E-state index is 10.4. The lowest BCUT2D eigenvalue weighted by atomic mass is 9.89. The highest BCUT2D eigenvalue weighted by atomic mass is 16.6. The van der Waals surface area contributed by atoms with Crippen LogP contribution in [0, 0.1) is 27.9 Å². The first-order valence-corrected chi connectivity index (χ1v) is 6.68. The fourth-order valence-corrected chi connectivity index (χ4v) is 2.32. The Hall–Kier alpha value is -2.08. The van der Waals surface area contributed by atoms with E-state index in [4.69, 9.17) is 0 Å². The van der Waals surface area contributed by atoms with Crippen molar-refractivity contribution >= 4 is 6.08 Å². The summed E-state index contributed by atoms with van der Waals surface area (Å²) in [7, 11) is 0. The minimum Gasteiger partial charge on any atom is -0.259 e. The van der Waals surface area contributed by atoms with E-state index in [0.717, 1.165) is 17.3 Å². The maximum Gasteiger partial charge on any atom is 0.235 e. The lowest BCUT2D eigenvalue weighted by molar-refractivity contribution is -0.400. The summed E-state index contributed by atoms with van der Waals surface area (Å²) >= 11 is 0. The Morgan fingerprint density at radius 3 is 2.68 bits per heavy atom. The van der Waals surface area contributed by atoms with Crippen LogP contribution in [0.4, 0.5) is 0 Å². The van der Waals surface area contributed by atoms with Gasteiger partial charge in [-0.3, -0.25) is 10.1 Å². The van der Waals surface area contributed by atoms with E-state index in [1.807, 2.05) is 24.3 Å². The molecule has 0 atom stereocenters. The summed E-state index contributed by atoms with van der Waals surface area (Å²) in [5.74, 6) is 6.98. The third-order valence-corrected chi connectivity index (χ3v) is 3.35. The third kappa shape index (κ3) is 4.26. The molecule has 98 valence electrons. The van der Waals surface area contributed by atoms with Crippen molar-refractivity contribution in [3.63, 3.8) is 0 Å². The molecule has 1 aromatic carbocycles. The summed E-state index contributed by atoms with van der Waals surface area (Å²) in [6.07, 6.45) is 8.68. The van der Waals surface area contributed by atoms with Crippen LogP contribution in [0.2, 0.25) is 0 Å². The minimum absolute atomic E-state index is 0.453. The van der Waals surface area contributed by atoms with Crippen molar-refractivity contribution in [2.45, 2.75) is 32.1 Å². The molecule has 1 fully saturated rings. The number of hydrogen-bond acceptors (Lipinski definition) is 2. The number of nitro groups is 1. The van der Waals surface area contributed by atoms with Gasteiger partial charge in [0.05, 0.1) is 4.92 Å². The van der Waals surface area contributed by atoms with Gasteiger partial charge in [-0.1, -0.05) is 49.3 Å². The number of rotatable bonds is 2. The van der Waals surface area contributed by atoms with Crippen molar-refractivity contribution < 1.29 is 4.92 Å². The van der Waals surface area contributed by atoms with Gasteiger partial charge in [-0.25, -0.2) is 0 Å². The standard InChI is InChI=1S/C16H17NO2/c18-17(19)13-12-16-9-5-4-8-15(16)11-10-14-6-2-1-3-7-14/h4-5,8-9,12-14H,1-3,6-7H2/b13-12+. The Labute approximate surface area is 113 Å². The van der Waals surface area contributed by atoms with Crippen LogP contribution in [0.25, 0.3) is 6.08 Å². The van der Waals surface area contributed by atoms with Crippen molar-refractivity contribution in [1.29, 1.82) is 0 Å². The van der Waals surface area contributed by atoms with Gasteiger partial charge in [0, 0.05) is 17.6 Å². The normalized spacial score (nSPS) is 16.0. The van der Waals surface area contributed by atoms with E-state index in [1.54, 1.807) is 0 Å². The van der Waals surface area contributed by atoms with E-state index in [2.05, 4.69) is 11.8 Å². The van der Waals surface area contributed by atoms with E-state index in [-0.39, 0.29) is 0 Å². The Morgan fingerprint density at radius 1 is 1.21 bits per heavy atom. The van der Waals surface area contributed by atoms with Crippen molar-refractivity contribution in [2.24, 2.45) is 5.92 Å². The second-order valence-electron chi connectivity index (χ2n) is 4.79. The third-order valence-electron chi connectivity index (χ3n) is 3.35. The highest BCUT2D eigenvalue weighted by Gasteiger charge is 2.10. The molecule has 0 spiro atoms. The van der Waals surface area contributed by atoms with Gasteiger partial charge in [-0.15, -0.1) is 0 Å². The Bertz CT molecular complexity index is 531. The van der Waals surface area contributed by atoms with Crippen LogP contribution in [0.5, 0.6) is 0 Å². The van der Waals surface area contributed by atoms with Gasteiger partial charge in [-0.2, -0.15) is 0 Å². The fraction of sp³-hybridized carbons (Fsp3) is 0.375. The SMILES string of the molecule is O=[N+]([O-])/C=C/c1ccccc1C#CC1CCCCC1. The van der Waals surface area contributed by atoms with Crippen LogP contribution in [0.15, 0.2) is 30.5 Å². The molecule has 0 aromatic heterocycles. The van der Waals surface area contributed by atoms with Gasteiger partial charge in [-0.05, 0) is 24.5 Å². The fourth-order valence-electron chi connectivity index (χ4n) is 2.32. The molecule has 0 aliphatic heterocycles. The highest BCUT2D eigenvalue weighted by molar-refractivity contribution is 5.58. The smallest absolute Gasteiger partial charge is 0.235 e. The molecular weight excluding hydrogens is 238 g/mol. The molecule has 3 heteroatoms. The molecule has 0 N–H and O–H groups in total. The molecule has 1 aliphatic carbocycles. The molecule has 1 saturated carbocycles. The summed E-state index contributed by atoms with van der Waals surface area (Å²) in [5, 5.41) is 10.4. The van der Waals surface area contributed by atoms with Crippen LogP contribution in [0.1, 0.15) is 43.2 Å². The topological polar surface area (TPSA) is 43.1 Å². The summed E-state index contributed by atoms with van der Waals surface area (Å²) in [6, 6.07) is 7.54. The van der Waals surface area contributed by atoms with Gasteiger partial charge < -0.3 is 0 Å². The molecule has 0 amide bonds. The van der Waals surface area contributed by atoms with E-state index < -0.39 is 4.92 Å². The molecule has 1 aromatic rings. The molecule has 0 unspecified atom stereocenters. The van der Waals surface area contributed by atoms with Crippen LogP contribution < -0.4 is 0 Å². The molecule has 0 bridgehead atoms. The molecule has 0 heterocycles. The first kappa shape index (κ1) is 13.4. The summed E-state index contributed by atoms with van der Waals surface area (Å²) < 4.78 is 0. The Kier molecular flexibility index (Phi) is 4.74. The molecule has 0 radical (unpaired) electrons. The predicted octanol–water partition coefficient (Wildman–Crippen LogP) is 3.87. The van der Waals surface area contributed by atoms with Crippen LogP contribution in [0.3, 0.4) is 0 Å². The monoisotopic (exact) mass is 255 g/mol. The van der Waals surface area contributed by atoms with Crippen molar-refractivity contribution in [3.05, 3.63) is 51.7 Å². The number of hydrogen-bond donors (Lipinski definition) is 0. The number of benzene rings is 1. The van der Waals surface area contributed by atoms with Crippen LogP contribution in [-0.4, -0.2) is 4.92 Å². The van der Waals surface area contributed by atoms with E-state index >= 15 is 0 Å². The lowest BCUT2D eigenvalue weighted by Crippen LogP contribution is -2.03. The minimum atomic E-state index is -0.453. The molecule has 1 aliphatic rings. The first-order valence-electron chi connectivity index (χ1n) is 6.68. The quantitative estimate of drug-likeness (QED) is 0.457. The van der Waals surface area contributed by atoms with E-state index in [1.165, 1.54) is 38.2 Å².